The normalized spacial score (nSPS) is 15.4. The van der Waals surface area contributed by atoms with E-state index >= 15 is 0 Å². The standard InChI is InChI=1S/C14H21N3O2/c1-3-16(11-13-6-4-5-12(2)15-13)14(18)17-7-9-19-10-8-17/h4-6H,3,7-11H2,1-2H3. The first kappa shape index (κ1) is 13.8. The monoisotopic (exact) mass is 263 g/mol. The number of ether oxygens (including phenoxy) is 1. The number of carbonyl (C=O) groups excluding carboxylic acids is 1. The second-order valence-electron chi connectivity index (χ2n) is 4.67. The zero-order chi connectivity index (χ0) is 13.7. The van der Waals surface area contributed by atoms with Crippen LogP contribution in [0, 0.1) is 6.92 Å². The molecule has 0 aromatic carbocycles. The molecule has 1 aromatic rings. The van der Waals surface area contributed by atoms with Gasteiger partial charge in [-0.3, -0.25) is 4.98 Å². The summed E-state index contributed by atoms with van der Waals surface area (Å²) in [5, 5.41) is 0. The fourth-order valence-electron chi connectivity index (χ4n) is 2.15. The summed E-state index contributed by atoms with van der Waals surface area (Å²) >= 11 is 0. The molecule has 104 valence electrons. The van der Waals surface area contributed by atoms with Crippen LogP contribution in [0.5, 0.6) is 0 Å². The van der Waals surface area contributed by atoms with E-state index in [4.69, 9.17) is 4.74 Å². The number of hydrogen-bond acceptors (Lipinski definition) is 3. The Labute approximate surface area is 114 Å². The number of amides is 2. The molecule has 5 heteroatoms. The van der Waals surface area contributed by atoms with Crippen molar-refractivity contribution in [3.8, 4) is 0 Å². The molecule has 0 unspecified atom stereocenters. The fraction of sp³-hybridized carbons (Fsp3) is 0.571. The van der Waals surface area contributed by atoms with Crippen LogP contribution in [-0.2, 0) is 11.3 Å². The van der Waals surface area contributed by atoms with Gasteiger partial charge in [-0.1, -0.05) is 6.07 Å². The van der Waals surface area contributed by atoms with Crippen LogP contribution >= 0.6 is 0 Å². The van der Waals surface area contributed by atoms with Crippen LogP contribution in [0.4, 0.5) is 4.79 Å². The molecule has 0 aliphatic carbocycles. The van der Waals surface area contributed by atoms with Crippen LogP contribution in [0.3, 0.4) is 0 Å². The summed E-state index contributed by atoms with van der Waals surface area (Å²) < 4.78 is 5.27. The number of pyridine rings is 1. The number of urea groups is 1. The molecule has 5 nitrogen and oxygen atoms in total. The predicted octanol–water partition coefficient (Wildman–Crippen LogP) is 1.66. The lowest BCUT2D eigenvalue weighted by atomic mass is 10.3. The highest BCUT2D eigenvalue weighted by molar-refractivity contribution is 5.74. The number of carbonyl (C=O) groups is 1. The van der Waals surface area contributed by atoms with Crippen molar-refractivity contribution in [2.75, 3.05) is 32.8 Å². The Morgan fingerprint density at radius 1 is 1.42 bits per heavy atom. The number of hydrogen-bond donors (Lipinski definition) is 0. The highest BCUT2D eigenvalue weighted by Crippen LogP contribution is 2.08. The summed E-state index contributed by atoms with van der Waals surface area (Å²) in [5.41, 5.74) is 1.91. The second-order valence-corrected chi connectivity index (χ2v) is 4.67. The van der Waals surface area contributed by atoms with Crippen LogP contribution < -0.4 is 0 Å². The molecule has 1 aliphatic heterocycles. The first-order valence-electron chi connectivity index (χ1n) is 6.75. The van der Waals surface area contributed by atoms with E-state index in [-0.39, 0.29) is 6.03 Å². The van der Waals surface area contributed by atoms with Gasteiger partial charge in [0.25, 0.3) is 0 Å². The van der Waals surface area contributed by atoms with Gasteiger partial charge < -0.3 is 14.5 Å². The van der Waals surface area contributed by atoms with E-state index in [1.165, 1.54) is 0 Å². The lowest BCUT2D eigenvalue weighted by Crippen LogP contribution is -2.47. The molecule has 2 heterocycles. The van der Waals surface area contributed by atoms with Gasteiger partial charge >= 0.3 is 6.03 Å². The van der Waals surface area contributed by atoms with Crippen LogP contribution in [-0.4, -0.2) is 53.7 Å². The summed E-state index contributed by atoms with van der Waals surface area (Å²) in [6.07, 6.45) is 0. The van der Waals surface area contributed by atoms with Crippen molar-refractivity contribution in [3.05, 3.63) is 29.6 Å². The Morgan fingerprint density at radius 3 is 2.79 bits per heavy atom. The molecular formula is C14H21N3O2. The Kier molecular flexibility index (Phi) is 4.74. The van der Waals surface area contributed by atoms with Crippen molar-refractivity contribution in [3.63, 3.8) is 0 Å². The van der Waals surface area contributed by atoms with Gasteiger partial charge in [0.05, 0.1) is 25.5 Å². The summed E-state index contributed by atoms with van der Waals surface area (Å²) in [5.74, 6) is 0. The maximum absolute atomic E-state index is 12.4. The van der Waals surface area contributed by atoms with Crippen molar-refractivity contribution < 1.29 is 9.53 Å². The van der Waals surface area contributed by atoms with E-state index < -0.39 is 0 Å². The molecule has 0 saturated carbocycles. The van der Waals surface area contributed by atoms with E-state index in [0.717, 1.165) is 11.4 Å². The first-order valence-corrected chi connectivity index (χ1v) is 6.75. The third kappa shape index (κ3) is 3.67. The van der Waals surface area contributed by atoms with Crippen LogP contribution in [0.25, 0.3) is 0 Å². The SMILES string of the molecule is CCN(Cc1cccc(C)n1)C(=O)N1CCOCC1. The minimum Gasteiger partial charge on any atom is -0.378 e. The summed E-state index contributed by atoms with van der Waals surface area (Å²) in [6, 6.07) is 5.98. The number of aryl methyl sites for hydroxylation is 1. The molecule has 1 aliphatic rings. The fourth-order valence-corrected chi connectivity index (χ4v) is 2.15. The Morgan fingerprint density at radius 2 is 2.16 bits per heavy atom. The minimum absolute atomic E-state index is 0.0779. The van der Waals surface area contributed by atoms with Gasteiger partial charge in [0, 0.05) is 25.3 Å². The molecule has 19 heavy (non-hydrogen) atoms. The van der Waals surface area contributed by atoms with Gasteiger partial charge in [-0.25, -0.2) is 4.79 Å². The van der Waals surface area contributed by atoms with Gasteiger partial charge in [-0.15, -0.1) is 0 Å². The molecule has 0 N–H and O–H groups in total. The molecule has 0 bridgehead atoms. The maximum atomic E-state index is 12.4. The zero-order valence-electron chi connectivity index (χ0n) is 11.6. The van der Waals surface area contributed by atoms with Crippen molar-refractivity contribution in [2.24, 2.45) is 0 Å². The smallest absolute Gasteiger partial charge is 0.320 e. The molecule has 1 fully saturated rings. The Balaban J connectivity index is 2.00. The molecule has 2 rings (SSSR count). The van der Waals surface area contributed by atoms with Crippen molar-refractivity contribution in [1.82, 2.24) is 14.8 Å². The molecule has 1 saturated heterocycles. The first-order chi connectivity index (χ1) is 9.20. The lowest BCUT2D eigenvalue weighted by molar-refractivity contribution is 0.0430. The molecule has 0 atom stereocenters. The average Bonchev–Trinajstić information content (AvgIpc) is 2.45. The Bertz CT molecular complexity index is 430. The van der Waals surface area contributed by atoms with E-state index in [9.17, 15) is 4.79 Å². The number of nitrogens with zero attached hydrogens (tertiary/aromatic N) is 3. The largest absolute Gasteiger partial charge is 0.378 e. The van der Waals surface area contributed by atoms with Crippen LogP contribution in [0.15, 0.2) is 18.2 Å². The molecule has 0 spiro atoms. The number of morpholine rings is 1. The predicted molar refractivity (Wildman–Crippen MR) is 72.8 cm³/mol. The topological polar surface area (TPSA) is 45.7 Å². The zero-order valence-corrected chi connectivity index (χ0v) is 11.6. The van der Waals surface area contributed by atoms with Crippen LogP contribution in [0.1, 0.15) is 18.3 Å². The van der Waals surface area contributed by atoms with E-state index in [1.807, 2.05) is 41.8 Å². The third-order valence-electron chi connectivity index (χ3n) is 3.23. The van der Waals surface area contributed by atoms with E-state index in [1.54, 1.807) is 0 Å². The third-order valence-corrected chi connectivity index (χ3v) is 3.23. The van der Waals surface area contributed by atoms with Gasteiger partial charge in [0.1, 0.15) is 0 Å². The minimum atomic E-state index is 0.0779. The highest BCUT2D eigenvalue weighted by atomic mass is 16.5. The van der Waals surface area contributed by atoms with Crippen molar-refractivity contribution in [2.45, 2.75) is 20.4 Å². The van der Waals surface area contributed by atoms with Crippen LogP contribution in [0.2, 0.25) is 0 Å². The van der Waals surface area contributed by atoms with Gasteiger partial charge in [-0.2, -0.15) is 0 Å². The number of rotatable bonds is 3. The molecular weight excluding hydrogens is 242 g/mol. The highest BCUT2D eigenvalue weighted by Gasteiger charge is 2.22. The van der Waals surface area contributed by atoms with Gasteiger partial charge in [0.2, 0.25) is 0 Å². The summed E-state index contributed by atoms with van der Waals surface area (Å²) in [4.78, 5) is 20.5. The average molecular weight is 263 g/mol. The summed E-state index contributed by atoms with van der Waals surface area (Å²) in [6.45, 7) is 7.82. The number of aromatic nitrogens is 1. The maximum Gasteiger partial charge on any atom is 0.320 e. The lowest BCUT2D eigenvalue weighted by Gasteiger charge is -2.32. The van der Waals surface area contributed by atoms with E-state index in [2.05, 4.69) is 4.98 Å². The van der Waals surface area contributed by atoms with Gasteiger partial charge in [-0.05, 0) is 26.0 Å². The quantitative estimate of drug-likeness (QED) is 0.833. The second kappa shape index (κ2) is 6.52. The Hall–Kier alpha value is -1.62. The van der Waals surface area contributed by atoms with E-state index in [0.29, 0.717) is 39.4 Å². The van der Waals surface area contributed by atoms with Gasteiger partial charge in [0.15, 0.2) is 0 Å². The molecule has 2 amide bonds. The molecule has 0 radical (unpaired) electrons. The van der Waals surface area contributed by atoms with Crippen molar-refractivity contribution in [1.29, 1.82) is 0 Å². The van der Waals surface area contributed by atoms with Crippen molar-refractivity contribution >= 4 is 6.03 Å². The molecule has 1 aromatic heterocycles. The summed E-state index contributed by atoms with van der Waals surface area (Å²) in [7, 11) is 0.